The zero-order chi connectivity index (χ0) is 26.4. The van der Waals surface area contributed by atoms with Crippen LogP contribution < -0.4 is 14.8 Å². The van der Waals surface area contributed by atoms with Gasteiger partial charge >= 0.3 is 5.92 Å². The van der Waals surface area contributed by atoms with Gasteiger partial charge in [-0.2, -0.15) is 8.78 Å². The Morgan fingerprint density at radius 3 is 2.62 bits per heavy atom. The summed E-state index contributed by atoms with van der Waals surface area (Å²) >= 11 is 5.90. The van der Waals surface area contributed by atoms with Crippen LogP contribution >= 0.6 is 11.6 Å². The normalized spacial score (nSPS) is 19.1. The Bertz CT molecular complexity index is 1320. The smallest absolute Gasteiger partial charge is 0.380 e. The number of likely N-dealkylation sites (tertiary alicyclic amines) is 1. The minimum atomic E-state index is -4.12. The van der Waals surface area contributed by atoms with Gasteiger partial charge in [0.05, 0.1) is 12.6 Å². The molecule has 1 aromatic heterocycles. The summed E-state index contributed by atoms with van der Waals surface area (Å²) in [6.45, 7) is -0.297. The molecule has 12 heteroatoms. The number of rotatable bonds is 7. The van der Waals surface area contributed by atoms with Crippen LogP contribution in [0.4, 0.5) is 17.6 Å². The Labute approximate surface area is 213 Å². The van der Waals surface area contributed by atoms with Crippen molar-refractivity contribution in [3.05, 3.63) is 58.8 Å². The molecular weight excluding hydrogens is 520 g/mol. The Hall–Kier alpha value is -3.02. The second-order valence-electron chi connectivity index (χ2n) is 9.14. The molecule has 2 atom stereocenters. The van der Waals surface area contributed by atoms with Crippen LogP contribution in [-0.2, 0) is 10.7 Å². The maximum Gasteiger partial charge on any atom is 0.380 e. The van der Waals surface area contributed by atoms with Gasteiger partial charge in [0.25, 0.3) is 11.8 Å². The number of alkyl halides is 4. The number of nitrogens with one attached hydrogen (secondary N) is 1. The fourth-order valence-electron chi connectivity index (χ4n) is 4.48. The standard InChI is InChI=1S/C25H23ClF4N2O5/c26-16-2-4-18-15(9-16)11-21(37-18)25(29,30)23(34)31-17(12-32-6-5-24(27,28)13-32)22(33)14-1-3-19-20(10-14)36-8-7-35-19/h1-4,9-11,17,22,33H,5-8,12-13H2,(H,31,34)/t17-,22-/m1/s1. The number of ether oxygens (including phenoxy) is 2. The van der Waals surface area contributed by atoms with Gasteiger partial charge in [0, 0.05) is 29.9 Å². The minimum absolute atomic E-state index is 0.0199. The highest BCUT2D eigenvalue weighted by molar-refractivity contribution is 6.31. The van der Waals surface area contributed by atoms with E-state index in [9.17, 15) is 18.7 Å². The van der Waals surface area contributed by atoms with Gasteiger partial charge in [-0.1, -0.05) is 17.7 Å². The highest BCUT2D eigenvalue weighted by atomic mass is 35.5. The summed E-state index contributed by atoms with van der Waals surface area (Å²) in [5.41, 5.74) is 0.348. The molecule has 0 radical (unpaired) electrons. The largest absolute Gasteiger partial charge is 0.486 e. The summed E-state index contributed by atoms with van der Waals surface area (Å²) in [6.07, 6.45) is -1.93. The van der Waals surface area contributed by atoms with E-state index in [-0.39, 0.29) is 36.2 Å². The van der Waals surface area contributed by atoms with E-state index in [0.717, 1.165) is 6.07 Å². The number of fused-ring (bicyclic) bond motifs is 2. The third-order valence-electron chi connectivity index (χ3n) is 6.38. The van der Waals surface area contributed by atoms with Crippen molar-refractivity contribution in [1.82, 2.24) is 10.2 Å². The van der Waals surface area contributed by atoms with Crippen LogP contribution in [0.2, 0.25) is 5.02 Å². The Morgan fingerprint density at radius 2 is 1.89 bits per heavy atom. The van der Waals surface area contributed by atoms with E-state index < -0.39 is 48.6 Å². The molecule has 3 heterocycles. The predicted octanol–water partition coefficient (Wildman–Crippen LogP) is 4.51. The molecule has 2 aliphatic heterocycles. The summed E-state index contributed by atoms with van der Waals surface area (Å²) in [5.74, 6) is -8.95. The number of nitrogens with zero attached hydrogens (tertiary/aromatic N) is 1. The zero-order valence-electron chi connectivity index (χ0n) is 19.4. The SMILES string of the molecule is O=C(N[C@H](CN1CCC(F)(F)C1)[C@H](O)c1ccc2c(c1)OCCO2)C(F)(F)c1cc2cc(Cl)ccc2o1. The fourth-order valence-corrected chi connectivity index (χ4v) is 4.66. The van der Waals surface area contributed by atoms with Gasteiger partial charge in [-0.05, 0) is 42.0 Å². The molecule has 7 nitrogen and oxygen atoms in total. The molecule has 0 bridgehead atoms. The number of hydrogen-bond acceptors (Lipinski definition) is 6. The van der Waals surface area contributed by atoms with E-state index in [1.807, 2.05) is 0 Å². The molecule has 1 fully saturated rings. The van der Waals surface area contributed by atoms with E-state index in [2.05, 4.69) is 5.32 Å². The van der Waals surface area contributed by atoms with Crippen LogP contribution in [0.15, 0.2) is 46.9 Å². The predicted molar refractivity (Wildman–Crippen MR) is 125 cm³/mol. The van der Waals surface area contributed by atoms with Crippen LogP contribution in [0.1, 0.15) is 23.8 Å². The number of hydrogen-bond donors (Lipinski definition) is 2. The van der Waals surface area contributed by atoms with Crippen LogP contribution in [0.3, 0.4) is 0 Å². The van der Waals surface area contributed by atoms with Crippen molar-refractivity contribution in [2.24, 2.45) is 0 Å². The fraction of sp³-hybridized carbons (Fsp3) is 0.400. The molecule has 37 heavy (non-hydrogen) atoms. The lowest BCUT2D eigenvalue weighted by Crippen LogP contribution is -2.51. The number of aliphatic hydroxyl groups excluding tert-OH is 1. The van der Waals surface area contributed by atoms with E-state index >= 15 is 8.78 Å². The number of amides is 1. The molecule has 198 valence electrons. The Morgan fingerprint density at radius 1 is 1.14 bits per heavy atom. The van der Waals surface area contributed by atoms with E-state index in [1.54, 1.807) is 6.07 Å². The first-order valence-electron chi connectivity index (χ1n) is 11.6. The highest BCUT2D eigenvalue weighted by Gasteiger charge is 2.47. The summed E-state index contributed by atoms with van der Waals surface area (Å²) in [4.78, 5) is 14.1. The lowest BCUT2D eigenvalue weighted by atomic mass is 10.00. The second kappa shape index (κ2) is 9.70. The first kappa shape index (κ1) is 25.6. The van der Waals surface area contributed by atoms with Gasteiger partial charge in [-0.25, -0.2) is 8.78 Å². The first-order chi connectivity index (χ1) is 17.5. The summed E-state index contributed by atoms with van der Waals surface area (Å²) in [6, 6.07) is 8.44. The zero-order valence-corrected chi connectivity index (χ0v) is 20.1. The van der Waals surface area contributed by atoms with Crippen molar-refractivity contribution in [3.63, 3.8) is 0 Å². The molecule has 0 unspecified atom stereocenters. The van der Waals surface area contributed by atoms with Gasteiger partial charge < -0.3 is 24.3 Å². The van der Waals surface area contributed by atoms with Crippen molar-refractivity contribution in [1.29, 1.82) is 0 Å². The lowest BCUT2D eigenvalue weighted by molar-refractivity contribution is -0.151. The Kier molecular flexibility index (Phi) is 6.71. The first-order valence-corrected chi connectivity index (χ1v) is 12.0. The molecule has 2 aromatic carbocycles. The molecule has 2 aliphatic rings. The number of carbonyl (C=O) groups is 1. The number of benzene rings is 2. The van der Waals surface area contributed by atoms with Crippen molar-refractivity contribution >= 4 is 28.5 Å². The maximum atomic E-state index is 15.2. The van der Waals surface area contributed by atoms with Crippen molar-refractivity contribution in [2.75, 3.05) is 32.8 Å². The third-order valence-corrected chi connectivity index (χ3v) is 6.62. The van der Waals surface area contributed by atoms with Crippen molar-refractivity contribution in [2.45, 2.75) is 30.4 Å². The van der Waals surface area contributed by atoms with Crippen LogP contribution in [0, 0.1) is 0 Å². The monoisotopic (exact) mass is 542 g/mol. The minimum Gasteiger partial charge on any atom is -0.486 e. The molecule has 0 saturated carbocycles. The molecule has 1 saturated heterocycles. The van der Waals surface area contributed by atoms with E-state index in [1.165, 1.54) is 35.2 Å². The highest BCUT2D eigenvalue weighted by Crippen LogP contribution is 2.36. The summed E-state index contributed by atoms with van der Waals surface area (Å²) < 4.78 is 74.1. The topological polar surface area (TPSA) is 84.2 Å². The molecule has 2 N–H and O–H groups in total. The lowest BCUT2D eigenvalue weighted by Gasteiger charge is -2.30. The van der Waals surface area contributed by atoms with Gasteiger partial charge in [-0.3, -0.25) is 9.69 Å². The van der Waals surface area contributed by atoms with Crippen LogP contribution in [-0.4, -0.2) is 60.7 Å². The number of carbonyl (C=O) groups excluding carboxylic acids is 1. The Balaban J connectivity index is 1.40. The van der Waals surface area contributed by atoms with E-state index in [4.69, 9.17) is 25.5 Å². The van der Waals surface area contributed by atoms with Crippen molar-refractivity contribution < 1.29 is 41.4 Å². The second-order valence-corrected chi connectivity index (χ2v) is 9.57. The average molecular weight is 543 g/mol. The van der Waals surface area contributed by atoms with Crippen LogP contribution in [0.25, 0.3) is 11.0 Å². The van der Waals surface area contributed by atoms with Crippen LogP contribution in [0.5, 0.6) is 11.5 Å². The maximum absolute atomic E-state index is 15.2. The van der Waals surface area contributed by atoms with Gasteiger partial charge in [-0.15, -0.1) is 0 Å². The number of halogens is 5. The number of furan rings is 1. The van der Waals surface area contributed by atoms with Gasteiger partial charge in [0.2, 0.25) is 0 Å². The van der Waals surface area contributed by atoms with Crippen molar-refractivity contribution in [3.8, 4) is 11.5 Å². The molecule has 0 spiro atoms. The summed E-state index contributed by atoms with van der Waals surface area (Å²) in [7, 11) is 0. The molecule has 0 aliphatic carbocycles. The number of aliphatic hydroxyl groups is 1. The van der Waals surface area contributed by atoms with E-state index in [0.29, 0.717) is 23.1 Å². The molecule has 1 amide bonds. The third kappa shape index (κ3) is 5.34. The van der Waals surface area contributed by atoms with Gasteiger partial charge in [0.15, 0.2) is 17.3 Å². The molecular formula is C25H23ClF4N2O5. The van der Waals surface area contributed by atoms with Gasteiger partial charge in [0.1, 0.15) is 24.9 Å². The quantitative estimate of drug-likeness (QED) is 0.428. The average Bonchev–Trinajstić information content (AvgIpc) is 3.45. The molecule has 5 rings (SSSR count). The summed E-state index contributed by atoms with van der Waals surface area (Å²) in [5, 5.41) is 13.8. The molecule has 3 aromatic rings.